The summed E-state index contributed by atoms with van der Waals surface area (Å²) < 4.78 is 18.6. The van der Waals surface area contributed by atoms with Crippen LogP contribution in [-0.2, 0) is 5.75 Å². The molecule has 0 atom stereocenters. The van der Waals surface area contributed by atoms with Gasteiger partial charge in [-0.15, -0.1) is 22.0 Å². The van der Waals surface area contributed by atoms with E-state index in [9.17, 15) is 4.39 Å². The van der Waals surface area contributed by atoms with Crippen molar-refractivity contribution in [1.82, 2.24) is 10.2 Å². The second-order valence-electron chi connectivity index (χ2n) is 4.34. The Morgan fingerprint density at radius 1 is 1.10 bits per heavy atom. The Hall–Kier alpha value is -2.34. The fraction of sp³-hybridized carbons (Fsp3) is 0.0667. The minimum absolute atomic E-state index is 0.346. The van der Waals surface area contributed by atoms with Crippen LogP contribution in [0.5, 0.6) is 0 Å². The Kier molecular flexibility index (Phi) is 3.87. The second kappa shape index (κ2) is 5.97. The van der Waals surface area contributed by atoms with E-state index in [0.29, 0.717) is 23.2 Å². The van der Waals surface area contributed by atoms with Crippen molar-refractivity contribution in [1.29, 1.82) is 0 Å². The molecule has 4 nitrogen and oxygen atoms in total. The molecule has 0 aliphatic carbocycles. The molecule has 0 amide bonds. The van der Waals surface area contributed by atoms with E-state index in [2.05, 4.69) is 10.2 Å². The molecule has 3 aromatic rings. The number of halogens is 1. The summed E-state index contributed by atoms with van der Waals surface area (Å²) in [4.78, 5) is 0.788. The molecule has 0 aliphatic heterocycles. The number of aromatic nitrogens is 2. The first-order valence-electron chi connectivity index (χ1n) is 6.28. The van der Waals surface area contributed by atoms with Crippen LogP contribution in [0.25, 0.3) is 11.5 Å². The smallest absolute Gasteiger partial charge is 0.247 e. The average Bonchev–Trinajstić information content (AvgIpc) is 2.96. The van der Waals surface area contributed by atoms with E-state index in [-0.39, 0.29) is 5.82 Å². The van der Waals surface area contributed by atoms with Crippen molar-refractivity contribution in [2.24, 2.45) is 0 Å². The number of hydrogen-bond donors (Lipinski definition) is 1. The monoisotopic (exact) mass is 301 g/mol. The number of nitrogens with two attached hydrogens (primary N) is 1. The van der Waals surface area contributed by atoms with E-state index in [1.165, 1.54) is 23.9 Å². The Morgan fingerprint density at radius 2 is 1.90 bits per heavy atom. The largest absolute Gasteiger partial charge is 0.420 e. The quantitative estimate of drug-likeness (QED) is 0.587. The maximum atomic E-state index is 13.0. The molecule has 0 radical (unpaired) electrons. The van der Waals surface area contributed by atoms with Gasteiger partial charge in [-0.25, -0.2) is 4.39 Å². The highest BCUT2D eigenvalue weighted by Crippen LogP contribution is 2.29. The molecule has 3 rings (SSSR count). The summed E-state index contributed by atoms with van der Waals surface area (Å²) >= 11 is 1.43. The third-order valence-corrected chi connectivity index (χ3v) is 3.88. The fourth-order valence-corrected chi connectivity index (χ4v) is 2.59. The first-order chi connectivity index (χ1) is 10.2. The van der Waals surface area contributed by atoms with E-state index < -0.39 is 0 Å². The van der Waals surface area contributed by atoms with Crippen LogP contribution >= 0.6 is 11.8 Å². The van der Waals surface area contributed by atoms with Crippen LogP contribution < -0.4 is 5.73 Å². The van der Waals surface area contributed by atoms with Gasteiger partial charge in [-0.05, 0) is 30.3 Å². The zero-order chi connectivity index (χ0) is 14.7. The molecule has 0 bridgehead atoms. The van der Waals surface area contributed by atoms with Crippen molar-refractivity contribution in [2.75, 3.05) is 5.73 Å². The highest BCUT2D eigenvalue weighted by Gasteiger charge is 2.09. The number of nitrogen functional groups attached to an aromatic ring is 1. The maximum absolute atomic E-state index is 13.0. The van der Waals surface area contributed by atoms with Gasteiger partial charge in [0.1, 0.15) is 5.82 Å². The minimum Gasteiger partial charge on any atom is -0.420 e. The van der Waals surface area contributed by atoms with Crippen LogP contribution in [-0.4, -0.2) is 10.2 Å². The summed E-state index contributed by atoms with van der Waals surface area (Å²) in [5, 5.41) is 8.02. The summed E-state index contributed by atoms with van der Waals surface area (Å²) in [6.07, 6.45) is 0. The highest BCUT2D eigenvalue weighted by molar-refractivity contribution is 7.98. The van der Waals surface area contributed by atoms with E-state index in [1.54, 1.807) is 6.07 Å². The Labute approximate surface area is 125 Å². The zero-order valence-electron chi connectivity index (χ0n) is 11.0. The predicted octanol–water partition coefficient (Wildman–Crippen LogP) is 3.75. The van der Waals surface area contributed by atoms with Gasteiger partial charge < -0.3 is 10.2 Å². The van der Waals surface area contributed by atoms with Crippen LogP contribution in [0.2, 0.25) is 0 Å². The maximum Gasteiger partial charge on any atom is 0.247 e. The molecule has 0 fully saturated rings. The van der Waals surface area contributed by atoms with Crippen molar-refractivity contribution in [3.8, 4) is 11.5 Å². The molecule has 6 heteroatoms. The third kappa shape index (κ3) is 3.22. The van der Waals surface area contributed by atoms with Crippen molar-refractivity contribution < 1.29 is 8.81 Å². The lowest BCUT2D eigenvalue weighted by molar-refractivity contribution is 0.528. The summed E-state index contributed by atoms with van der Waals surface area (Å²) in [7, 11) is 0. The predicted molar refractivity (Wildman–Crippen MR) is 80.1 cm³/mol. The average molecular weight is 301 g/mol. The molecular weight excluding hydrogens is 289 g/mol. The lowest BCUT2D eigenvalue weighted by Gasteiger charge is -2.03. The Balaban J connectivity index is 1.70. The summed E-state index contributed by atoms with van der Waals surface area (Å²) in [5.74, 6) is 1.12. The zero-order valence-corrected chi connectivity index (χ0v) is 11.8. The van der Waals surface area contributed by atoms with Gasteiger partial charge >= 0.3 is 0 Å². The van der Waals surface area contributed by atoms with Crippen LogP contribution in [0.1, 0.15) is 5.89 Å². The van der Waals surface area contributed by atoms with E-state index in [4.69, 9.17) is 10.2 Å². The highest BCUT2D eigenvalue weighted by atomic mass is 32.2. The van der Waals surface area contributed by atoms with Gasteiger partial charge in [0.15, 0.2) is 0 Å². The molecule has 2 aromatic carbocycles. The molecule has 0 unspecified atom stereocenters. The van der Waals surface area contributed by atoms with Gasteiger partial charge in [-0.3, -0.25) is 0 Å². The van der Waals surface area contributed by atoms with Crippen LogP contribution in [0.15, 0.2) is 57.8 Å². The molecule has 1 aromatic heterocycles. The molecule has 0 saturated heterocycles. The van der Waals surface area contributed by atoms with Gasteiger partial charge in [0.25, 0.3) is 0 Å². The summed E-state index contributed by atoms with van der Waals surface area (Å²) in [6, 6.07) is 13.9. The molecule has 106 valence electrons. The molecular formula is C15H12FN3OS. The standard InChI is InChI=1S/C15H12FN3OS/c16-11-6-7-13(12(17)8-11)21-9-14-18-19-15(20-14)10-4-2-1-3-5-10/h1-8H,9,17H2. The fourth-order valence-electron chi connectivity index (χ4n) is 1.80. The molecule has 0 saturated carbocycles. The first kappa shape index (κ1) is 13.6. The van der Waals surface area contributed by atoms with Crippen LogP contribution in [0.4, 0.5) is 10.1 Å². The van der Waals surface area contributed by atoms with Gasteiger partial charge in [0, 0.05) is 16.1 Å². The van der Waals surface area contributed by atoms with Gasteiger partial charge in [-0.1, -0.05) is 18.2 Å². The molecule has 2 N–H and O–H groups in total. The molecule has 0 spiro atoms. The number of rotatable bonds is 4. The first-order valence-corrected chi connectivity index (χ1v) is 7.26. The van der Waals surface area contributed by atoms with Gasteiger partial charge in [0.05, 0.1) is 5.75 Å². The van der Waals surface area contributed by atoms with Crippen LogP contribution in [0.3, 0.4) is 0 Å². The lowest BCUT2D eigenvalue weighted by Crippen LogP contribution is -1.90. The second-order valence-corrected chi connectivity index (χ2v) is 5.35. The van der Waals surface area contributed by atoms with E-state index in [1.807, 2.05) is 30.3 Å². The van der Waals surface area contributed by atoms with Crippen molar-refractivity contribution in [3.05, 3.63) is 60.2 Å². The molecule has 1 heterocycles. The minimum atomic E-state index is -0.346. The molecule has 21 heavy (non-hydrogen) atoms. The van der Waals surface area contributed by atoms with Gasteiger partial charge in [0.2, 0.25) is 11.8 Å². The number of benzene rings is 2. The van der Waals surface area contributed by atoms with Crippen molar-refractivity contribution >= 4 is 17.4 Å². The Bertz CT molecular complexity index is 746. The number of anilines is 1. The van der Waals surface area contributed by atoms with E-state index in [0.717, 1.165) is 10.5 Å². The number of thioether (sulfide) groups is 1. The summed E-state index contributed by atoms with van der Waals surface area (Å²) in [6.45, 7) is 0. The topological polar surface area (TPSA) is 64.9 Å². The molecule has 0 aliphatic rings. The van der Waals surface area contributed by atoms with E-state index >= 15 is 0 Å². The number of nitrogens with zero attached hydrogens (tertiary/aromatic N) is 2. The Morgan fingerprint density at radius 3 is 2.67 bits per heavy atom. The van der Waals surface area contributed by atoms with Crippen molar-refractivity contribution in [2.45, 2.75) is 10.6 Å². The van der Waals surface area contributed by atoms with Crippen molar-refractivity contribution in [3.63, 3.8) is 0 Å². The normalized spacial score (nSPS) is 10.7. The summed E-state index contributed by atoms with van der Waals surface area (Å²) in [5.41, 5.74) is 7.04. The number of hydrogen-bond acceptors (Lipinski definition) is 5. The SMILES string of the molecule is Nc1cc(F)ccc1SCc1nnc(-c2ccccc2)o1. The third-order valence-electron chi connectivity index (χ3n) is 2.81. The van der Waals surface area contributed by atoms with Crippen LogP contribution in [0, 0.1) is 5.82 Å². The van der Waals surface area contributed by atoms with Gasteiger partial charge in [-0.2, -0.15) is 0 Å². The lowest BCUT2D eigenvalue weighted by atomic mass is 10.2.